The summed E-state index contributed by atoms with van der Waals surface area (Å²) in [5.74, 6) is 1.13. The Kier molecular flexibility index (Phi) is 5.49. The van der Waals surface area contributed by atoms with Crippen LogP contribution in [-0.4, -0.2) is 62.9 Å². The summed E-state index contributed by atoms with van der Waals surface area (Å²) in [6.45, 7) is 1.99. The van der Waals surface area contributed by atoms with Crippen molar-refractivity contribution in [1.29, 1.82) is 0 Å². The van der Waals surface area contributed by atoms with Crippen LogP contribution in [0.1, 0.15) is 48.5 Å². The maximum absolute atomic E-state index is 12.3. The lowest BCUT2D eigenvalue weighted by molar-refractivity contribution is 0.0142. The van der Waals surface area contributed by atoms with Gasteiger partial charge in [0.15, 0.2) is 11.6 Å². The summed E-state index contributed by atoms with van der Waals surface area (Å²) in [5, 5.41) is 15.3. The Bertz CT molecular complexity index is 732. The molecule has 0 aliphatic carbocycles. The number of methoxy groups -OCH3 is 1. The number of carbonyl (C=O) groups excluding carboxylic acids is 1. The average molecular weight is 374 g/mol. The number of fused-ring (bicyclic) bond motifs is 2. The third kappa shape index (κ3) is 4.03. The van der Waals surface area contributed by atoms with Crippen LogP contribution >= 0.6 is 0 Å². The number of amides is 1. The first-order chi connectivity index (χ1) is 13.2. The Balaban J connectivity index is 1.40. The molecule has 0 aromatic carbocycles. The summed E-state index contributed by atoms with van der Waals surface area (Å²) < 4.78 is 12.2. The van der Waals surface area contributed by atoms with Crippen molar-refractivity contribution in [2.24, 2.45) is 0 Å². The molecular formula is C18H26N6O3. The van der Waals surface area contributed by atoms with Crippen LogP contribution in [0.15, 0.2) is 22.8 Å². The maximum Gasteiger partial charge on any atom is 0.287 e. The van der Waals surface area contributed by atoms with E-state index in [0.717, 1.165) is 38.1 Å². The van der Waals surface area contributed by atoms with Crippen molar-refractivity contribution in [3.8, 4) is 0 Å². The van der Waals surface area contributed by atoms with Crippen LogP contribution in [0.2, 0.25) is 0 Å². The summed E-state index contributed by atoms with van der Waals surface area (Å²) >= 11 is 0. The second-order valence-electron chi connectivity index (χ2n) is 7.34. The van der Waals surface area contributed by atoms with Gasteiger partial charge in [-0.05, 0) is 48.2 Å². The quantitative estimate of drug-likeness (QED) is 0.778. The van der Waals surface area contributed by atoms with E-state index in [4.69, 9.17) is 9.15 Å². The molecule has 4 rings (SSSR count). The Morgan fingerprint density at radius 3 is 2.89 bits per heavy atom. The fourth-order valence-corrected chi connectivity index (χ4v) is 4.37. The summed E-state index contributed by atoms with van der Waals surface area (Å²) in [6.07, 6.45) is 6.94. The molecule has 2 bridgehead atoms. The van der Waals surface area contributed by atoms with Gasteiger partial charge in [0.25, 0.3) is 5.91 Å². The fourth-order valence-electron chi connectivity index (χ4n) is 4.37. The first kappa shape index (κ1) is 18.1. The number of rotatable bonds is 7. The highest BCUT2D eigenvalue weighted by atomic mass is 16.5. The zero-order valence-electron chi connectivity index (χ0n) is 15.6. The zero-order chi connectivity index (χ0) is 18.6. The van der Waals surface area contributed by atoms with Crippen LogP contribution in [0.25, 0.3) is 0 Å². The predicted octanol–water partition coefficient (Wildman–Crippen LogP) is 1.23. The van der Waals surface area contributed by atoms with E-state index in [1.165, 1.54) is 12.7 Å². The summed E-state index contributed by atoms with van der Waals surface area (Å²) in [5.41, 5.74) is 0. The predicted molar refractivity (Wildman–Crippen MR) is 95.9 cm³/mol. The Morgan fingerprint density at radius 1 is 1.37 bits per heavy atom. The van der Waals surface area contributed by atoms with Crippen molar-refractivity contribution in [1.82, 2.24) is 30.4 Å². The van der Waals surface area contributed by atoms with Gasteiger partial charge < -0.3 is 14.5 Å². The number of carbonyl (C=O) groups is 1. The van der Waals surface area contributed by atoms with Gasteiger partial charge in [0.1, 0.15) is 0 Å². The van der Waals surface area contributed by atoms with E-state index >= 15 is 0 Å². The van der Waals surface area contributed by atoms with Gasteiger partial charge in [0.05, 0.1) is 26.0 Å². The Hall–Kier alpha value is -2.26. The fraction of sp³-hybridized carbons (Fsp3) is 0.667. The number of aromatic nitrogens is 4. The van der Waals surface area contributed by atoms with E-state index in [1.807, 2.05) is 4.68 Å². The first-order valence-electron chi connectivity index (χ1n) is 9.58. The zero-order valence-corrected chi connectivity index (χ0v) is 15.6. The van der Waals surface area contributed by atoms with Crippen LogP contribution < -0.4 is 5.32 Å². The number of hydrogen-bond donors (Lipinski definition) is 1. The van der Waals surface area contributed by atoms with E-state index in [0.29, 0.717) is 31.0 Å². The van der Waals surface area contributed by atoms with E-state index in [-0.39, 0.29) is 11.9 Å². The molecule has 2 unspecified atom stereocenters. The van der Waals surface area contributed by atoms with Gasteiger partial charge in [0, 0.05) is 25.2 Å². The molecule has 0 spiro atoms. The number of furan rings is 1. The van der Waals surface area contributed by atoms with Crippen molar-refractivity contribution in [2.75, 3.05) is 13.7 Å². The summed E-state index contributed by atoms with van der Waals surface area (Å²) in [6, 6.07) is 4.49. The first-order valence-corrected chi connectivity index (χ1v) is 9.58. The molecule has 2 fully saturated rings. The lowest BCUT2D eigenvalue weighted by atomic mass is 9.81. The lowest BCUT2D eigenvalue weighted by Gasteiger charge is -2.48. The van der Waals surface area contributed by atoms with Crippen molar-refractivity contribution in [3.63, 3.8) is 0 Å². The highest BCUT2D eigenvalue weighted by molar-refractivity contribution is 5.91. The lowest BCUT2D eigenvalue weighted by Crippen LogP contribution is -2.56. The highest BCUT2D eigenvalue weighted by Crippen LogP contribution is 2.35. The number of tetrazole rings is 1. The minimum absolute atomic E-state index is 0.125. The van der Waals surface area contributed by atoms with Crippen LogP contribution in [0.3, 0.4) is 0 Å². The highest BCUT2D eigenvalue weighted by Gasteiger charge is 2.39. The Labute approximate surface area is 158 Å². The molecule has 2 saturated heterocycles. The van der Waals surface area contributed by atoms with Crippen molar-refractivity contribution in [2.45, 2.75) is 63.3 Å². The van der Waals surface area contributed by atoms with Crippen LogP contribution in [0.5, 0.6) is 0 Å². The molecule has 0 saturated carbocycles. The minimum atomic E-state index is -0.125. The molecule has 2 atom stereocenters. The second-order valence-corrected chi connectivity index (χ2v) is 7.34. The standard InChI is InChI=1S/C18H26N6O3/c1-26-9-7-24-17(20-21-22-24)12-23-14-4-2-5-15(23)11-13(10-14)19-18(25)16-6-3-8-27-16/h3,6,8,13-15H,2,4-5,7,9-12H2,1H3,(H,19,25). The number of nitrogens with zero attached hydrogens (tertiary/aromatic N) is 5. The number of hydrogen-bond acceptors (Lipinski definition) is 7. The Morgan fingerprint density at radius 2 is 2.19 bits per heavy atom. The van der Waals surface area contributed by atoms with E-state index in [9.17, 15) is 4.79 Å². The van der Waals surface area contributed by atoms with E-state index in [2.05, 4.69) is 25.7 Å². The average Bonchev–Trinajstić information content (AvgIpc) is 3.32. The largest absolute Gasteiger partial charge is 0.459 e. The molecule has 146 valence electrons. The molecule has 2 aliphatic rings. The van der Waals surface area contributed by atoms with Crippen LogP contribution in [0.4, 0.5) is 0 Å². The van der Waals surface area contributed by atoms with Crippen molar-refractivity contribution in [3.05, 3.63) is 30.0 Å². The molecule has 27 heavy (non-hydrogen) atoms. The molecule has 9 heteroatoms. The SMILES string of the molecule is COCCn1nnnc1CN1C2CCCC1CC(NC(=O)c1ccco1)C2. The van der Waals surface area contributed by atoms with Gasteiger partial charge in [-0.3, -0.25) is 9.69 Å². The molecule has 2 aromatic rings. The topological polar surface area (TPSA) is 98.3 Å². The monoisotopic (exact) mass is 374 g/mol. The van der Waals surface area contributed by atoms with Crippen LogP contribution in [0, 0.1) is 0 Å². The minimum Gasteiger partial charge on any atom is -0.459 e. The molecule has 4 heterocycles. The maximum atomic E-state index is 12.3. The van der Waals surface area contributed by atoms with E-state index < -0.39 is 0 Å². The molecule has 1 N–H and O–H groups in total. The smallest absolute Gasteiger partial charge is 0.287 e. The summed E-state index contributed by atoms with van der Waals surface area (Å²) in [7, 11) is 1.68. The van der Waals surface area contributed by atoms with Crippen LogP contribution in [-0.2, 0) is 17.8 Å². The molecule has 1 amide bonds. The van der Waals surface area contributed by atoms with Gasteiger partial charge in [-0.1, -0.05) is 6.42 Å². The van der Waals surface area contributed by atoms with Crippen molar-refractivity contribution < 1.29 is 13.9 Å². The molecular weight excluding hydrogens is 348 g/mol. The normalized spacial score (nSPS) is 25.4. The number of nitrogens with one attached hydrogen (secondary N) is 1. The number of piperidine rings is 2. The third-order valence-corrected chi connectivity index (χ3v) is 5.64. The van der Waals surface area contributed by atoms with Crippen molar-refractivity contribution >= 4 is 5.91 Å². The molecule has 0 radical (unpaired) electrons. The third-order valence-electron chi connectivity index (χ3n) is 5.64. The summed E-state index contributed by atoms with van der Waals surface area (Å²) in [4.78, 5) is 14.8. The molecule has 2 aliphatic heterocycles. The van der Waals surface area contributed by atoms with Gasteiger partial charge >= 0.3 is 0 Å². The second kappa shape index (κ2) is 8.18. The van der Waals surface area contributed by atoms with Gasteiger partial charge in [-0.2, -0.15) is 0 Å². The van der Waals surface area contributed by atoms with Gasteiger partial charge in [-0.25, -0.2) is 4.68 Å². The molecule has 9 nitrogen and oxygen atoms in total. The van der Waals surface area contributed by atoms with Gasteiger partial charge in [-0.15, -0.1) is 5.10 Å². The molecule has 2 aromatic heterocycles. The van der Waals surface area contributed by atoms with E-state index in [1.54, 1.807) is 19.2 Å². The number of ether oxygens (including phenoxy) is 1. The van der Waals surface area contributed by atoms with Gasteiger partial charge in [0.2, 0.25) is 0 Å².